The number of hydrazone groups is 1. The number of aromatic hydroxyl groups is 1. The number of nitrogens with zero attached hydrogens (tertiary/aromatic N) is 1. The summed E-state index contributed by atoms with van der Waals surface area (Å²) in [5, 5.41) is 17.9. The van der Waals surface area contributed by atoms with Crippen LogP contribution in [0.15, 0.2) is 47.6 Å². The summed E-state index contributed by atoms with van der Waals surface area (Å²) in [7, 11) is 0. The molecule has 0 unspecified atom stereocenters. The van der Waals surface area contributed by atoms with Crippen LogP contribution in [0.3, 0.4) is 0 Å². The van der Waals surface area contributed by atoms with Gasteiger partial charge in [0.2, 0.25) is 0 Å². The lowest BCUT2D eigenvalue weighted by atomic mass is 9.92. The van der Waals surface area contributed by atoms with Crippen LogP contribution < -0.4 is 15.5 Å². The molecule has 0 aromatic heterocycles. The first kappa shape index (κ1) is 18.2. The predicted octanol–water partition coefficient (Wildman–Crippen LogP) is 4.21. The van der Waals surface area contributed by atoms with Crippen molar-refractivity contribution in [2.75, 3.05) is 5.32 Å². The smallest absolute Gasteiger partial charge is 0.191 e. The Morgan fingerprint density at radius 2 is 2.04 bits per heavy atom. The number of para-hydroxylation sites is 1. The van der Waals surface area contributed by atoms with Crippen LogP contribution in [0, 0.1) is 0 Å². The molecule has 1 aliphatic heterocycles. The molecule has 0 saturated heterocycles. The molecule has 6 heteroatoms. The van der Waals surface area contributed by atoms with E-state index in [1.54, 1.807) is 18.2 Å². The summed E-state index contributed by atoms with van der Waals surface area (Å²) in [5.74, 6) is 0.882. The number of ether oxygens (including phenoxy) is 1. The molecule has 1 aliphatic rings. The van der Waals surface area contributed by atoms with Crippen molar-refractivity contribution < 1.29 is 9.84 Å². The average molecular weight is 369 g/mol. The van der Waals surface area contributed by atoms with Crippen LogP contribution in [0.2, 0.25) is 0 Å². The van der Waals surface area contributed by atoms with Crippen molar-refractivity contribution in [2.24, 2.45) is 5.10 Å². The maximum atomic E-state index is 9.80. The number of anilines is 1. The standard InChI is InChI=1S/C20H23N3O2S/c1-4-13-7-5-6-8-16(13)21-19(26)23-22-17-12-20(2,3)25-18-10-9-14(24)11-15(17)18/h5-11,24H,4,12H2,1-3H3,(H2,21,23,26)/b22-17+. The van der Waals surface area contributed by atoms with Crippen LogP contribution in [0.4, 0.5) is 5.69 Å². The molecule has 3 rings (SSSR count). The third kappa shape index (κ3) is 4.14. The van der Waals surface area contributed by atoms with Gasteiger partial charge in [-0.3, -0.25) is 5.43 Å². The first-order valence-electron chi connectivity index (χ1n) is 8.62. The van der Waals surface area contributed by atoms with E-state index in [1.807, 2.05) is 32.0 Å². The molecule has 0 amide bonds. The molecule has 3 N–H and O–H groups in total. The van der Waals surface area contributed by atoms with Crippen molar-refractivity contribution in [3.05, 3.63) is 53.6 Å². The monoisotopic (exact) mass is 369 g/mol. The molecular weight excluding hydrogens is 346 g/mol. The second-order valence-electron chi connectivity index (χ2n) is 6.85. The van der Waals surface area contributed by atoms with Crippen molar-refractivity contribution in [1.82, 2.24) is 5.43 Å². The summed E-state index contributed by atoms with van der Waals surface area (Å²) in [6.07, 6.45) is 1.52. The van der Waals surface area contributed by atoms with Gasteiger partial charge in [-0.25, -0.2) is 0 Å². The first-order chi connectivity index (χ1) is 12.4. The number of nitrogens with one attached hydrogen (secondary N) is 2. The Kier molecular flexibility index (Phi) is 5.13. The third-order valence-corrected chi connectivity index (χ3v) is 4.39. The SMILES string of the molecule is CCc1ccccc1NC(=S)N/N=C1\CC(C)(C)Oc2ccc(O)cc21. The lowest BCUT2D eigenvalue weighted by molar-refractivity contribution is 0.111. The molecule has 0 atom stereocenters. The predicted molar refractivity (Wildman–Crippen MR) is 109 cm³/mol. The molecule has 1 heterocycles. The molecule has 0 saturated carbocycles. The van der Waals surface area contributed by atoms with Crippen molar-refractivity contribution in [3.8, 4) is 11.5 Å². The highest BCUT2D eigenvalue weighted by Crippen LogP contribution is 2.35. The quantitative estimate of drug-likeness (QED) is 0.559. The number of phenols is 1. The van der Waals surface area contributed by atoms with Gasteiger partial charge in [-0.1, -0.05) is 25.1 Å². The molecule has 0 spiro atoms. The van der Waals surface area contributed by atoms with Crippen LogP contribution in [-0.2, 0) is 6.42 Å². The van der Waals surface area contributed by atoms with Crippen LogP contribution in [-0.4, -0.2) is 21.5 Å². The van der Waals surface area contributed by atoms with Crippen molar-refractivity contribution >= 4 is 28.7 Å². The number of aryl methyl sites for hydroxylation is 1. The molecule has 136 valence electrons. The molecule has 0 radical (unpaired) electrons. The summed E-state index contributed by atoms with van der Waals surface area (Å²) < 4.78 is 5.97. The Morgan fingerprint density at radius 1 is 1.27 bits per heavy atom. The zero-order valence-corrected chi connectivity index (χ0v) is 16.0. The number of benzene rings is 2. The molecule has 0 bridgehead atoms. The minimum absolute atomic E-state index is 0.178. The van der Waals surface area contributed by atoms with Gasteiger partial charge in [0.15, 0.2) is 5.11 Å². The molecule has 26 heavy (non-hydrogen) atoms. The minimum Gasteiger partial charge on any atom is -0.508 e. The van der Waals surface area contributed by atoms with E-state index >= 15 is 0 Å². The van der Waals surface area contributed by atoms with E-state index in [2.05, 4.69) is 28.8 Å². The molecular formula is C20H23N3O2S. The number of phenolic OH excluding ortho intramolecular Hbond substituents is 1. The van der Waals surface area contributed by atoms with Crippen LogP contribution >= 0.6 is 12.2 Å². The summed E-state index contributed by atoms with van der Waals surface area (Å²) in [6, 6.07) is 13.1. The highest BCUT2D eigenvalue weighted by Gasteiger charge is 2.31. The van der Waals surface area contributed by atoms with Crippen molar-refractivity contribution in [3.63, 3.8) is 0 Å². The fraction of sp³-hybridized carbons (Fsp3) is 0.300. The summed E-state index contributed by atoms with van der Waals surface area (Å²) in [6.45, 7) is 6.11. The van der Waals surface area contributed by atoms with E-state index in [0.717, 1.165) is 23.4 Å². The Labute approximate surface area is 159 Å². The maximum absolute atomic E-state index is 9.80. The van der Waals surface area contributed by atoms with Crippen LogP contribution in [0.5, 0.6) is 11.5 Å². The molecule has 0 fully saturated rings. The van der Waals surface area contributed by atoms with Crippen LogP contribution in [0.1, 0.15) is 38.3 Å². The number of fused-ring (bicyclic) bond motifs is 1. The average Bonchev–Trinajstić information content (AvgIpc) is 2.60. The fourth-order valence-corrected chi connectivity index (χ4v) is 3.14. The van der Waals surface area contributed by atoms with Gasteiger partial charge in [-0.05, 0) is 62.3 Å². The lowest BCUT2D eigenvalue weighted by Crippen LogP contribution is -2.37. The van der Waals surface area contributed by atoms with Gasteiger partial charge in [-0.15, -0.1) is 0 Å². The zero-order valence-electron chi connectivity index (χ0n) is 15.2. The van der Waals surface area contributed by atoms with Crippen molar-refractivity contribution in [1.29, 1.82) is 0 Å². The van der Waals surface area contributed by atoms with Gasteiger partial charge in [0.05, 0.1) is 5.71 Å². The highest BCUT2D eigenvalue weighted by molar-refractivity contribution is 7.80. The summed E-state index contributed by atoms with van der Waals surface area (Å²) in [4.78, 5) is 0. The van der Waals surface area contributed by atoms with Gasteiger partial charge in [-0.2, -0.15) is 5.10 Å². The van der Waals surface area contributed by atoms with Gasteiger partial charge in [0.1, 0.15) is 17.1 Å². The number of hydrogen-bond acceptors (Lipinski definition) is 4. The zero-order chi connectivity index (χ0) is 18.7. The summed E-state index contributed by atoms with van der Waals surface area (Å²) in [5.41, 5.74) is 6.26. The minimum atomic E-state index is -0.381. The van der Waals surface area contributed by atoms with Gasteiger partial charge >= 0.3 is 0 Å². The molecule has 5 nitrogen and oxygen atoms in total. The second kappa shape index (κ2) is 7.33. The van der Waals surface area contributed by atoms with Crippen molar-refractivity contribution in [2.45, 2.75) is 39.2 Å². The fourth-order valence-electron chi connectivity index (χ4n) is 2.98. The molecule has 2 aromatic rings. The third-order valence-electron chi connectivity index (χ3n) is 4.19. The van der Waals surface area contributed by atoms with E-state index in [0.29, 0.717) is 17.3 Å². The van der Waals surface area contributed by atoms with E-state index in [9.17, 15) is 5.11 Å². The number of rotatable bonds is 3. The number of hydrogen-bond donors (Lipinski definition) is 3. The molecule has 0 aliphatic carbocycles. The van der Waals surface area contributed by atoms with E-state index in [1.165, 1.54) is 5.56 Å². The second-order valence-corrected chi connectivity index (χ2v) is 7.26. The van der Waals surface area contributed by atoms with Gasteiger partial charge in [0, 0.05) is 17.7 Å². The van der Waals surface area contributed by atoms with Crippen LogP contribution in [0.25, 0.3) is 0 Å². The Hall–Kier alpha value is -2.60. The largest absolute Gasteiger partial charge is 0.508 e. The first-order valence-corrected chi connectivity index (χ1v) is 9.02. The Morgan fingerprint density at radius 3 is 2.81 bits per heavy atom. The summed E-state index contributed by atoms with van der Waals surface area (Å²) >= 11 is 5.38. The highest BCUT2D eigenvalue weighted by atomic mass is 32.1. The van der Waals surface area contributed by atoms with Gasteiger partial charge < -0.3 is 15.2 Å². The van der Waals surface area contributed by atoms with E-state index in [4.69, 9.17) is 17.0 Å². The Balaban J connectivity index is 1.79. The Bertz CT molecular complexity index is 862. The van der Waals surface area contributed by atoms with E-state index in [-0.39, 0.29) is 11.4 Å². The van der Waals surface area contributed by atoms with E-state index < -0.39 is 0 Å². The topological polar surface area (TPSA) is 65.9 Å². The molecule has 2 aromatic carbocycles. The van der Waals surface area contributed by atoms with Gasteiger partial charge in [0.25, 0.3) is 0 Å². The number of thiocarbonyl (C=S) groups is 1. The normalized spacial score (nSPS) is 16.5. The lowest BCUT2D eigenvalue weighted by Gasteiger charge is -2.33. The maximum Gasteiger partial charge on any atom is 0.191 e.